The molecule has 5 heterocycles. The molecule has 2 bridgehead atoms. The average Bonchev–Trinajstić information content (AvgIpc) is 3.63. The molecule has 0 radical (unpaired) electrons. The molecule has 0 saturated carbocycles. The van der Waals surface area contributed by atoms with Crippen molar-refractivity contribution in [2.24, 2.45) is 5.92 Å². The molecule has 3 aliphatic rings. The van der Waals surface area contributed by atoms with Crippen LogP contribution >= 0.6 is 34.5 Å². The Labute approximate surface area is 311 Å². The Balaban J connectivity index is 1.21. The molecule has 0 spiro atoms. The third-order valence-corrected chi connectivity index (χ3v) is 11.6. The molecular formula is C38H41Cl2N3O7S. The molecule has 0 aliphatic carbocycles. The highest BCUT2D eigenvalue weighted by Crippen LogP contribution is 2.37. The summed E-state index contributed by atoms with van der Waals surface area (Å²) in [7, 11) is 3.05. The Morgan fingerprint density at radius 1 is 1.02 bits per heavy atom. The van der Waals surface area contributed by atoms with Crippen LogP contribution in [0.1, 0.15) is 63.5 Å². The van der Waals surface area contributed by atoms with Crippen LogP contribution in [0.3, 0.4) is 0 Å². The second-order valence-corrected chi connectivity index (χ2v) is 14.8. The van der Waals surface area contributed by atoms with Crippen molar-refractivity contribution < 1.29 is 33.3 Å². The molecule has 3 aliphatic heterocycles. The van der Waals surface area contributed by atoms with Crippen LogP contribution in [0.5, 0.6) is 11.5 Å². The first kappa shape index (κ1) is 36.9. The van der Waals surface area contributed by atoms with E-state index in [0.29, 0.717) is 51.1 Å². The number of benzene rings is 2. The number of carbonyl (C=O) groups is 2. The van der Waals surface area contributed by atoms with Crippen LogP contribution in [0.4, 0.5) is 0 Å². The smallest absolute Gasteiger partial charge is 0.348 e. The van der Waals surface area contributed by atoms with Gasteiger partial charge in [-0.2, -0.15) is 4.73 Å². The first-order chi connectivity index (χ1) is 24.6. The van der Waals surface area contributed by atoms with E-state index in [9.17, 15) is 14.8 Å². The predicted molar refractivity (Wildman–Crippen MR) is 195 cm³/mol. The summed E-state index contributed by atoms with van der Waals surface area (Å²) in [5.41, 5.74) is 0.819. The number of nitrogens with one attached hydrogen (secondary N) is 1. The van der Waals surface area contributed by atoms with E-state index in [4.69, 9.17) is 42.1 Å². The maximum absolute atomic E-state index is 14.1. The zero-order valence-electron chi connectivity index (χ0n) is 28.7. The first-order valence-electron chi connectivity index (χ1n) is 17.0. The van der Waals surface area contributed by atoms with Gasteiger partial charge in [0.15, 0.2) is 23.9 Å². The summed E-state index contributed by atoms with van der Waals surface area (Å²) in [6.07, 6.45) is 4.09. The van der Waals surface area contributed by atoms with E-state index in [1.807, 2.05) is 43.3 Å². The first-order valence-corrected chi connectivity index (χ1v) is 18.5. The number of carbonyl (C=O) groups excluding carboxylic acids is 2. The fourth-order valence-corrected chi connectivity index (χ4v) is 8.40. The van der Waals surface area contributed by atoms with Gasteiger partial charge in [-0.1, -0.05) is 66.5 Å². The number of methoxy groups -OCH3 is 2. The van der Waals surface area contributed by atoms with Crippen LogP contribution in [0.25, 0.3) is 0 Å². The van der Waals surface area contributed by atoms with Crippen LogP contribution in [0.2, 0.25) is 10.0 Å². The van der Waals surface area contributed by atoms with Crippen molar-refractivity contribution in [3.05, 3.63) is 115 Å². The third kappa shape index (κ3) is 8.13. The predicted octanol–water partition coefficient (Wildman–Crippen LogP) is 6.88. The largest absolute Gasteiger partial charge is 0.619 e. The summed E-state index contributed by atoms with van der Waals surface area (Å²) in [6.45, 7) is 5.18. The Morgan fingerprint density at radius 2 is 1.73 bits per heavy atom. The van der Waals surface area contributed by atoms with Crippen LogP contribution < -0.4 is 19.5 Å². The fourth-order valence-electron chi connectivity index (χ4n) is 6.97. The van der Waals surface area contributed by atoms with E-state index in [1.54, 1.807) is 24.3 Å². The van der Waals surface area contributed by atoms with E-state index in [2.05, 4.69) is 10.2 Å². The van der Waals surface area contributed by atoms with E-state index in [-0.39, 0.29) is 28.5 Å². The van der Waals surface area contributed by atoms with Crippen molar-refractivity contribution in [3.8, 4) is 11.5 Å². The van der Waals surface area contributed by atoms with E-state index >= 15 is 0 Å². The number of hydrogen-bond donors (Lipinski definition) is 1. The molecule has 1 N–H and O–H groups in total. The number of nitrogens with zero attached hydrogens (tertiary/aromatic N) is 2. The fraction of sp³-hybridized carbons (Fsp3) is 0.395. The minimum absolute atomic E-state index is 0.0946. The number of hydrogen-bond acceptors (Lipinski definition) is 10. The highest BCUT2D eigenvalue weighted by atomic mass is 35.5. The lowest BCUT2D eigenvalue weighted by atomic mass is 9.84. The number of fused-ring (bicyclic) bond motifs is 3. The van der Waals surface area contributed by atoms with Gasteiger partial charge in [0.25, 0.3) is 0 Å². The third-order valence-electron chi connectivity index (χ3n) is 9.90. The quantitative estimate of drug-likeness (QED) is 0.0837. The molecule has 13 heteroatoms. The maximum Gasteiger partial charge on any atom is 0.348 e. The minimum atomic E-state index is -1.08. The lowest BCUT2D eigenvalue weighted by Gasteiger charge is -2.45. The highest BCUT2D eigenvalue weighted by molar-refractivity contribution is 7.13. The van der Waals surface area contributed by atoms with Gasteiger partial charge in [0, 0.05) is 30.0 Å². The summed E-state index contributed by atoms with van der Waals surface area (Å²) < 4.78 is 23.8. The number of rotatable bonds is 14. The van der Waals surface area contributed by atoms with Gasteiger partial charge in [-0.25, -0.2) is 9.59 Å². The maximum atomic E-state index is 14.1. The zero-order chi connectivity index (χ0) is 36.1. The van der Waals surface area contributed by atoms with Crippen molar-refractivity contribution in [3.63, 3.8) is 0 Å². The Morgan fingerprint density at radius 3 is 2.35 bits per heavy atom. The summed E-state index contributed by atoms with van der Waals surface area (Å²) >= 11 is 14.1. The van der Waals surface area contributed by atoms with Crippen LogP contribution in [0, 0.1) is 11.1 Å². The zero-order valence-corrected chi connectivity index (χ0v) is 31.1. The van der Waals surface area contributed by atoms with Gasteiger partial charge in [-0.15, -0.1) is 11.3 Å². The Kier molecular flexibility index (Phi) is 11.7. The molecule has 51 heavy (non-hydrogen) atoms. The second kappa shape index (κ2) is 16.2. The van der Waals surface area contributed by atoms with Crippen molar-refractivity contribution in [2.75, 3.05) is 33.9 Å². The topological polar surface area (TPSA) is 113 Å². The number of ether oxygens (including phenoxy) is 4. The molecule has 2 aromatic heterocycles. The van der Waals surface area contributed by atoms with Crippen LogP contribution in [0.15, 0.2) is 73.1 Å². The van der Waals surface area contributed by atoms with Gasteiger partial charge < -0.3 is 24.2 Å². The van der Waals surface area contributed by atoms with Gasteiger partial charge in [-0.3, -0.25) is 10.2 Å². The molecule has 7 rings (SSSR count). The molecule has 3 fully saturated rings. The van der Waals surface area contributed by atoms with E-state index in [1.165, 1.54) is 38.0 Å². The van der Waals surface area contributed by atoms with Gasteiger partial charge in [0.2, 0.25) is 0 Å². The summed E-state index contributed by atoms with van der Waals surface area (Å²) in [5, 5.41) is 15.7. The molecule has 2 aromatic carbocycles. The van der Waals surface area contributed by atoms with Crippen LogP contribution in [-0.4, -0.2) is 56.8 Å². The monoisotopic (exact) mass is 753 g/mol. The Hall–Kier alpha value is -3.87. The molecule has 3 saturated heterocycles. The van der Waals surface area contributed by atoms with Crippen molar-refractivity contribution in [1.29, 1.82) is 0 Å². The van der Waals surface area contributed by atoms with Gasteiger partial charge in [0.05, 0.1) is 14.2 Å². The van der Waals surface area contributed by atoms with E-state index in [0.717, 1.165) is 42.9 Å². The number of aromatic nitrogens is 1. The lowest BCUT2D eigenvalue weighted by molar-refractivity contribution is -0.605. The Bertz CT molecular complexity index is 1830. The number of esters is 2. The van der Waals surface area contributed by atoms with Crippen LogP contribution in [-0.2, 0) is 32.8 Å². The van der Waals surface area contributed by atoms with Crippen molar-refractivity contribution in [1.82, 2.24) is 10.2 Å². The highest BCUT2D eigenvalue weighted by Gasteiger charge is 2.44. The number of piperidine rings is 3. The summed E-state index contributed by atoms with van der Waals surface area (Å²) in [5.74, 6) is 0.503. The van der Waals surface area contributed by atoms with Crippen molar-refractivity contribution in [2.45, 2.75) is 56.9 Å². The normalized spacial score (nSPS) is 19.9. The molecule has 3 atom stereocenters. The lowest BCUT2D eigenvalue weighted by Crippen LogP contribution is -2.56. The van der Waals surface area contributed by atoms with Gasteiger partial charge in [0.1, 0.15) is 32.7 Å². The average molecular weight is 755 g/mol. The molecule has 4 aromatic rings. The molecule has 2 unspecified atom stereocenters. The summed E-state index contributed by atoms with van der Waals surface area (Å²) in [6, 6.07) is 18.4. The number of pyridine rings is 1. The van der Waals surface area contributed by atoms with Gasteiger partial charge in [-0.05, 0) is 73.7 Å². The number of halogens is 2. The standard InChI is InChI=1S/C38H41Cl2N3O7S/c1-4-38(26-8-6-5-7-9-26,37(45)50-34-23-42-16-14-24(34)15-17-42)41-20-27-11-13-35(51-27)36(44)49-32(19-28-29(39)21-43(46)22-30(28)40)25-10-12-31(47-2)33(18-25)48-3/h5-13,18,21-22,24,32,34,41H,4,14-17,19-20,23H2,1-3H3/t32?,34-,38?/m0/s1. The van der Waals surface area contributed by atoms with Gasteiger partial charge >= 0.3 is 11.9 Å². The second-order valence-electron chi connectivity index (χ2n) is 12.8. The number of thiophene rings is 1. The SMILES string of the molecule is CCC(NCc1ccc(C(=O)OC(Cc2c(Cl)c[n+]([O-])cc2Cl)c2ccc(OC)c(OC)c2)s1)(C(=O)O[C@H]1CN2CCC1CC2)c1ccccc1. The molecular weight excluding hydrogens is 713 g/mol. The van der Waals surface area contributed by atoms with E-state index < -0.39 is 17.6 Å². The molecule has 270 valence electrons. The molecule has 10 nitrogen and oxygen atoms in total. The van der Waals surface area contributed by atoms with Crippen molar-refractivity contribution >= 4 is 46.5 Å². The summed E-state index contributed by atoms with van der Waals surface area (Å²) in [4.78, 5) is 31.4. The molecule has 0 amide bonds. The minimum Gasteiger partial charge on any atom is -0.619 e.